The van der Waals surface area contributed by atoms with Crippen LogP contribution in [0, 0.1) is 20.8 Å². The lowest BCUT2D eigenvalue weighted by Crippen LogP contribution is -2.36. The Hall–Kier alpha value is -3.40. The number of aryl methyl sites for hydroxylation is 3. The minimum absolute atomic E-state index is 0.200. The van der Waals surface area contributed by atoms with Gasteiger partial charge in [0.25, 0.3) is 0 Å². The second kappa shape index (κ2) is 8.53. The topological polar surface area (TPSA) is 83.4 Å². The summed E-state index contributed by atoms with van der Waals surface area (Å²) >= 11 is 0. The Morgan fingerprint density at radius 1 is 1.04 bits per heavy atom. The van der Waals surface area contributed by atoms with E-state index in [9.17, 15) is 17.3 Å². The number of azide groups is 1. The lowest BCUT2D eigenvalue weighted by molar-refractivity contribution is -0.649. The van der Waals surface area contributed by atoms with E-state index in [1.54, 1.807) is 4.68 Å². The molecule has 2 aromatic carbocycles. The quantitative estimate of drug-likeness (QED) is 0.161. The molecule has 3 rings (SSSR count). The number of hydrogen-bond acceptors (Lipinski definition) is 3. The zero-order valence-corrected chi connectivity index (χ0v) is 15.3. The van der Waals surface area contributed by atoms with E-state index in [2.05, 4.69) is 32.5 Å². The van der Waals surface area contributed by atoms with Crippen LogP contribution in [-0.2, 0) is 0 Å². The van der Waals surface area contributed by atoms with Gasteiger partial charge in [0.05, 0.1) is 0 Å². The van der Waals surface area contributed by atoms with E-state index in [-0.39, 0.29) is 5.95 Å². The lowest BCUT2D eigenvalue weighted by Gasteiger charge is -2.07. The lowest BCUT2D eigenvalue weighted by atomic mass is 10.1. The second-order valence-electron chi connectivity index (χ2n) is 5.86. The maximum atomic E-state index is 9.75. The third-order valence-electron chi connectivity index (χ3n) is 3.52. The molecule has 0 radical (unpaired) electrons. The van der Waals surface area contributed by atoms with Crippen LogP contribution < -0.4 is 4.68 Å². The van der Waals surface area contributed by atoms with Crippen molar-refractivity contribution < 1.29 is 21.9 Å². The molecule has 3 aromatic rings. The van der Waals surface area contributed by atoms with Gasteiger partial charge in [0.2, 0.25) is 0 Å². The van der Waals surface area contributed by atoms with Crippen molar-refractivity contribution in [2.24, 2.45) is 5.11 Å². The molecule has 0 saturated heterocycles. The molecule has 1 aromatic heterocycles. The van der Waals surface area contributed by atoms with Crippen molar-refractivity contribution in [1.82, 2.24) is 15.1 Å². The zero-order valence-electron chi connectivity index (χ0n) is 15.3. The molecule has 28 heavy (non-hydrogen) atoms. The SMILES string of the molecule is Cc1cc(C)c(-[n+]2nn(-c3ccccc3)nc2N=[N+]=[N-])c(C)c1.F[B-](F)(F)F. The summed E-state index contributed by atoms with van der Waals surface area (Å²) in [6.45, 7) is 6.05. The third kappa shape index (κ3) is 5.55. The molecule has 146 valence electrons. The molecular formula is C16H16BF4N7. The Bertz CT molecular complexity index is 983. The number of hydrogen-bond donors (Lipinski definition) is 0. The molecule has 0 aliphatic heterocycles. The number of nitrogens with zero attached hydrogens (tertiary/aromatic N) is 7. The summed E-state index contributed by atoms with van der Waals surface area (Å²) in [7, 11) is -6.00. The summed E-state index contributed by atoms with van der Waals surface area (Å²) in [6.07, 6.45) is 0. The predicted molar refractivity (Wildman–Crippen MR) is 96.1 cm³/mol. The standard InChI is InChI=1S/C16H16N7.BF4/c1-11-9-12(2)15(13(3)10-11)22-16(18-20-17)19-23(21-22)14-7-5-4-6-8-14;2-1(3,4)5/h4-10H,1-3H3;/q+1;-1. The van der Waals surface area contributed by atoms with E-state index >= 15 is 0 Å². The van der Waals surface area contributed by atoms with Crippen molar-refractivity contribution >= 4 is 13.2 Å². The van der Waals surface area contributed by atoms with Crippen LogP contribution in [0.2, 0.25) is 0 Å². The highest BCUT2D eigenvalue weighted by atomic mass is 19.5. The van der Waals surface area contributed by atoms with Crippen molar-refractivity contribution in [3.05, 3.63) is 69.6 Å². The number of rotatable bonds is 3. The summed E-state index contributed by atoms with van der Waals surface area (Å²) in [5.74, 6) is 0.200. The first-order valence-corrected chi connectivity index (χ1v) is 8.06. The Kier molecular flexibility index (Phi) is 6.37. The number of tetrazole rings is 1. The highest BCUT2D eigenvalue weighted by Crippen LogP contribution is 2.18. The van der Waals surface area contributed by atoms with Crippen LogP contribution in [-0.4, -0.2) is 22.4 Å². The van der Waals surface area contributed by atoms with Crippen molar-refractivity contribution in [2.45, 2.75) is 20.8 Å². The summed E-state index contributed by atoms with van der Waals surface area (Å²) < 4.78 is 40.6. The first-order valence-electron chi connectivity index (χ1n) is 8.06. The van der Waals surface area contributed by atoms with Crippen molar-refractivity contribution in [1.29, 1.82) is 0 Å². The summed E-state index contributed by atoms with van der Waals surface area (Å²) in [4.78, 5) is 4.33. The molecule has 0 aliphatic carbocycles. The maximum absolute atomic E-state index is 9.75. The molecule has 0 aliphatic rings. The van der Waals surface area contributed by atoms with Crippen molar-refractivity contribution in [3.63, 3.8) is 0 Å². The molecule has 0 atom stereocenters. The summed E-state index contributed by atoms with van der Waals surface area (Å²) in [5, 5.41) is 12.5. The van der Waals surface area contributed by atoms with Gasteiger partial charge in [-0.25, -0.2) is 0 Å². The van der Waals surface area contributed by atoms with Crippen LogP contribution in [0.1, 0.15) is 16.7 Å². The number of halogens is 4. The van der Waals surface area contributed by atoms with Crippen LogP contribution in [0.25, 0.3) is 21.8 Å². The largest absolute Gasteiger partial charge is 0.673 e. The molecule has 0 bridgehead atoms. The van der Waals surface area contributed by atoms with Crippen molar-refractivity contribution in [2.75, 3.05) is 0 Å². The van der Waals surface area contributed by atoms with Gasteiger partial charge >= 0.3 is 13.2 Å². The first-order chi connectivity index (χ1) is 13.1. The van der Waals surface area contributed by atoms with Gasteiger partial charge in [0.15, 0.2) is 0 Å². The molecular weight excluding hydrogens is 377 g/mol. The predicted octanol–water partition coefficient (Wildman–Crippen LogP) is 4.71. The van der Waals surface area contributed by atoms with Gasteiger partial charge in [-0.2, -0.15) is 0 Å². The molecule has 0 N–H and O–H groups in total. The van der Waals surface area contributed by atoms with E-state index in [1.807, 2.05) is 51.1 Å². The number of aromatic nitrogens is 4. The Balaban J connectivity index is 0.000000500. The average molecular weight is 393 g/mol. The average Bonchev–Trinajstić information content (AvgIpc) is 2.97. The van der Waals surface area contributed by atoms with E-state index in [0.717, 1.165) is 22.5 Å². The summed E-state index contributed by atoms with van der Waals surface area (Å²) in [5.41, 5.74) is 13.7. The Morgan fingerprint density at radius 3 is 2.07 bits per heavy atom. The van der Waals surface area contributed by atoms with Crippen molar-refractivity contribution in [3.8, 4) is 11.4 Å². The minimum Gasteiger partial charge on any atom is -0.418 e. The van der Waals surface area contributed by atoms with E-state index < -0.39 is 7.25 Å². The van der Waals surface area contributed by atoms with Gasteiger partial charge in [-0.3, -0.25) is 0 Å². The Morgan fingerprint density at radius 2 is 1.57 bits per heavy atom. The fraction of sp³-hybridized carbons (Fsp3) is 0.188. The highest BCUT2D eigenvalue weighted by molar-refractivity contribution is 6.50. The molecule has 0 fully saturated rings. The van der Waals surface area contributed by atoms with E-state index in [1.165, 1.54) is 10.4 Å². The van der Waals surface area contributed by atoms with Crippen LogP contribution in [0.15, 0.2) is 47.6 Å². The van der Waals surface area contributed by atoms with Crippen LogP contribution in [0.4, 0.5) is 23.2 Å². The Labute approximate surface area is 157 Å². The smallest absolute Gasteiger partial charge is 0.418 e. The molecule has 0 spiro atoms. The van der Waals surface area contributed by atoms with Gasteiger partial charge in [0, 0.05) is 20.3 Å². The maximum Gasteiger partial charge on any atom is 0.673 e. The van der Waals surface area contributed by atoms with Crippen LogP contribution in [0.3, 0.4) is 0 Å². The fourth-order valence-corrected chi connectivity index (χ4v) is 2.70. The molecule has 0 amide bonds. The highest BCUT2D eigenvalue weighted by Gasteiger charge is 2.21. The molecule has 7 nitrogen and oxygen atoms in total. The fourth-order valence-electron chi connectivity index (χ4n) is 2.70. The minimum atomic E-state index is -6.00. The van der Waals surface area contributed by atoms with Gasteiger partial charge in [0.1, 0.15) is 11.4 Å². The van der Waals surface area contributed by atoms with E-state index in [4.69, 9.17) is 5.53 Å². The van der Waals surface area contributed by atoms with Gasteiger partial charge < -0.3 is 17.3 Å². The molecule has 1 heterocycles. The molecule has 0 saturated carbocycles. The molecule has 0 unspecified atom stereocenters. The van der Waals surface area contributed by atoms with E-state index in [0.29, 0.717) is 0 Å². The van der Waals surface area contributed by atoms with Gasteiger partial charge in [-0.05, 0) is 54.4 Å². The second-order valence-corrected chi connectivity index (χ2v) is 5.86. The first kappa shape index (κ1) is 20.9. The van der Waals surface area contributed by atoms with Gasteiger partial charge in [-0.15, -0.1) is 4.68 Å². The number of para-hydroxylation sites is 1. The molecule has 12 heteroatoms. The summed E-state index contributed by atoms with van der Waals surface area (Å²) in [6, 6.07) is 13.6. The number of benzene rings is 2. The van der Waals surface area contributed by atoms with Gasteiger partial charge in [-0.1, -0.05) is 35.9 Å². The van der Waals surface area contributed by atoms with Crippen LogP contribution >= 0.6 is 0 Å². The third-order valence-corrected chi connectivity index (χ3v) is 3.52. The van der Waals surface area contributed by atoms with Crippen LogP contribution in [0.5, 0.6) is 0 Å². The zero-order chi connectivity index (χ0) is 20.9. The monoisotopic (exact) mass is 393 g/mol. The normalized spacial score (nSPS) is 10.7.